The molecule has 168 valence electrons. The van der Waals surface area contributed by atoms with Gasteiger partial charge < -0.3 is 26.0 Å². The Morgan fingerprint density at radius 3 is 2.74 bits per heavy atom. The van der Waals surface area contributed by atoms with Gasteiger partial charge in [0.05, 0.1) is 22.7 Å². The molecule has 31 heavy (non-hydrogen) atoms. The van der Waals surface area contributed by atoms with E-state index in [0.29, 0.717) is 42.0 Å². The number of aromatic nitrogens is 3. The number of nitrogen functional groups attached to an aromatic ring is 1. The predicted molar refractivity (Wildman–Crippen MR) is 119 cm³/mol. The minimum atomic E-state index is -0.446. The number of fused-ring (bicyclic) bond motifs is 1. The van der Waals surface area contributed by atoms with E-state index in [1.807, 2.05) is 6.92 Å². The number of amides is 2. The molecule has 0 unspecified atom stereocenters. The Hall–Kier alpha value is -3.01. The van der Waals surface area contributed by atoms with Crippen molar-refractivity contribution in [1.29, 1.82) is 0 Å². The van der Waals surface area contributed by atoms with E-state index >= 15 is 0 Å². The Labute approximate surface area is 182 Å². The van der Waals surface area contributed by atoms with Crippen molar-refractivity contribution in [2.45, 2.75) is 51.7 Å². The molecule has 3 heterocycles. The number of anilines is 2. The standard InChI is InChI=1S/C21H31N7O3/c1-5-6-7-21(3,12-24-13(2)29)27-18-17-16(25-20(22)26-18)8-14(9-23-17)19(30)28-10-15(11-28)31-4/h8-9,15H,5-7,10-12H2,1-4H3,(H,24,29)(H3,22,25,26,27)/t21-/m1/s1. The largest absolute Gasteiger partial charge is 0.378 e. The van der Waals surface area contributed by atoms with Crippen LogP contribution in [-0.2, 0) is 9.53 Å². The van der Waals surface area contributed by atoms with Gasteiger partial charge in [-0.05, 0) is 19.4 Å². The molecule has 0 aromatic carbocycles. The predicted octanol–water partition coefficient (Wildman–Crippen LogP) is 1.57. The second-order valence-corrected chi connectivity index (χ2v) is 8.29. The molecule has 1 aliphatic rings. The van der Waals surface area contributed by atoms with Gasteiger partial charge in [-0.25, -0.2) is 9.97 Å². The van der Waals surface area contributed by atoms with Gasteiger partial charge in [-0.15, -0.1) is 0 Å². The highest BCUT2D eigenvalue weighted by molar-refractivity contribution is 5.98. The zero-order valence-electron chi connectivity index (χ0n) is 18.6. The molecule has 0 saturated carbocycles. The van der Waals surface area contributed by atoms with Crippen molar-refractivity contribution in [3.05, 3.63) is 17.8 Å². The van der Waals surface area contributed by atoms with Gasteiger partial charge in [0.1, 0.15) is 5.52 Å². The molecule has 10 heteroatoms. The molecule has 2 aromatic heterocycles. The normalized spacial score (nSPS) is 15.9. The fraction of sp³-hybridized carbons (Fsp3) is 0.571. The first kappa shape index (κ1) is 22.7. The zero-order valence-corrected chi connectivity index (χ0v) is 18.6. The van der Waals surface area contributed by atoms with Gasteiger partial charge >= 0.3 is 0 Å². The van der Waals surface area contributed by atoms with E-state index in [4.69, 9.17) is 10.5 Å². The van der Waals surface area contributed by atoms with Crippen LogP contribution < -0.4 is 16.4 Å². The maximum atomic E-state index is 12.7. The molecule has 3 rings (SSSR count). The molecule has 2 aromatic rings. The Morgan fingerprint density at radius 2 is 2.10 bits per heavy atom. The highest BCUT2D eigenvalue weighted by Gasteiger charge is 2.32. The van der Waals surface area contributed by atoms with Gasteiger partial charge in [-0.2, -0.15) is 4.98 Å². The summed E-state index contributed by atoms with van der Waals surface area (Å²) in [5, 5.41) is 6.30. The lowest BCUT2D eigenvalue weighted by molar-refractivity contribution is -0.119. The summed E-state index contributed by atoms with van der Waals surface area (Å²) in [4.78, 5) is 39.0. The molecule has 1 fully saturated rings. The molecule has 2 amide bonds. The second-order valence-electron chi connectivity index (χ2n) is 8.29. The van der Waals surface area contributed by atoms with Crippen molar-refractivity contribution in [3.8, 4) is 0 Å². The van der Waals surface area contributed by atoms with Crippen LogP contribution in [0.3, 0.4) is 0 Å². The van der Waals surface area contributed by atoms with Gasteiger partial charge in [0, 0.05) is 39.9 Å². The summed E-state index contributed by atoms with van der Waals surface area (Å²) < 4.78 is 5.23. The van der Waals surface area contributed by atoms with Gasteiger partial charge in [-0.1, -0.05) is 19.8 Å². The van der Waals surface area contributed by atoms with E-state index in [1.165, 1.54) is 13.1 Å². The Morgan fingerprint density at radius 1 is 1.35 bits per heavy atom. The molecule has 4 N–H and O–H groups in total. The number of likely N-dealkylation sites (tertiary alicyclic amines) is 1. The number of hydrogen-bond acceptors (Lipinski definition) is 8. The number of ether oxygens (including phenoxy) is 1. The number of carbonyl (C=O) groups excluding carboxylic acids is 2. The molecule has 10 nitrogen and oxygen atoms in total. The maximum absolute atomic E-state index is 12.7. The quantitative estimate of drug-likeness (QED) is 0.547. The maximum Gasteiger partial charge on any atom is 0.255 e. The highest BCUT2D eigenvalue weighted by atomic mass is 16.5. The first-order valence-corrected chi connectivity index (χ1v) is 10.5. The van der Waals surface area contributed by atoms with E-state index in [-0.39, 0.29) is 23.9 Å². The number of carbonyl (C=O) groups is 2. The molecular formula is C21H31N7O3. The first-order valence-electron chi connectivity index (χ1n) is 10.5. The third kappa shape index (κ3) is 5.38. The molecule has 1 saturated heterocycles. The van der Waals surface area contributed by atoms with E-state index < -0.39 is 5.54 Å². The monoisotopic (exact) mass is 429 g/mol. The van der Waals surface area contributed by atoms with E-state index in [2.05, 4.69) is 32.5 Å². The average molecular weight is 430 g/mol. The number of nitrogens with one attached hydrogen (secondary N) is 2. The van der Waals surface area contributed by atoms with Crippen molar-refractivity contribution in [2.24, 2.45) is 0 Å². The summed E-state index contributed by atoms with van der Waals surface area (Å²) in [5.74, 6) is 0.350. The smallest absolute Gasteiger partial charge is 0.255 e. The van der Waals surface area contributed by atoms with E-state index in [9.17, 15) is 9.59 Å². The summed E-state index contributed by atoms with van der Waals surface area (Å²) in [6.45, 7) is 7.18. The number of rotatable bonds is 9. The van der Waals surface area contributed by atoms with Crippen LogP contribution in [0.5, 0.6) is 0 Å². The molecular weight excluding hydrogens is 398 g/mol. The van der Waals surface area contributed by atoms with Crippen molar-refractivity contribution >= 4 is 34.6 Å². The van der Waals surface area contributed by atoms with Crippen molar-refractivity contribution < 1.29 is 14.3 Å². The molecule has 0 aliphatic carbocycles. The number of unbranched alkanes of at least 4 members (excludes halogenated alkanes) is 1. The molecule has 1 atom stereocenters. The van der Waals surface area contributed by atoms with Gasteiger partial charge in [0.2, 0.25) is 11.9 Å². The Balaban J connectivity index is 1.87. The van der Waals surface area contributed by atoms with Gasteiger partial charge in [0.25, 0.3) is 5.91 Å². The summed E-state index contributed by atoms with van der Waals surface area (Å²) in [6, 6.07) is 1.69. The van der Waals surface area contributed by atoms with Crippen LogP contribution >= 0.6 is 0 Å². The molecule has 0 radical (unpaired) electrons. The van der Waals surface area contributed by atoms with E-state index in [0.717, 1.165) is 19.3 Å². The van der Waals surface area contributed by atoms with Crippen LogP contribution in [0.1, 0.15) is 50.4 Å². The molecule has 1 aliphatic heterocycles. The number of methoxy groups -OCH3 is 1. The second kappa shape index (κ2) is 9.42. The third-order valence-electron chi connectivity index (χ3n) is 5.50. The highest BCUT2D eigenvalue weighted by Crippen LogP contribution is 2.26. The summed E-state index contributed by atoms with van der Waals surface area (Å²) in [6.07, 6.45) is 4.43. The summed E-state index contributed by atoms with van der Waals surface area (Å²) in [5.41, 5.74) is 6.96. The van der Waals surface area contributed by atoms with Crippen LogP contribution in [-0.4, -0.2) is 70.1 Å². The van der Waals surface area contributed by atoms with Crippen LogP contribution in [0, 0.1) is 0 Å². The SMILES string of the molecule is CCCC[C@](C)(CNC(C)=O)Nc1nc(N)nc2cc(C(=O)N3CC(OC)C3)cnc12. The van der Waals surface area contributed by atoms with Crippen LogP contribution in [0.2, 0.25) is 0 Å². The van der Waals surface area contributed by atoms with Crippen LogP contribution in [0.15, 0.2) is 12.3 Å². The Bertz CT molecular complexity index is 961. The number of pyridine rings is 1. The molecule has 0 spiro atoms. The zero-order chi connectivity index (χ0) is 22.6. The fourth-order valence-electron chi connectivity index (χ4n) is 3.54. The topological polar surface area (TPSA) is 135 Å². The van der Waals surface area contributed by atoms with E-state index in [1.54, 1.807) is 18.1 Å². The van der Waals surface area contributed by atoms with Crippen molar-refractivity contribution in [1.82, 2.24) is 25.2 Å². The average Bonchev–Trinajstić information content (AvgIpc) is 2.69. The number of nitrogens with zero attached hydrogens (tertiary/aromatic N) is 4. The van der Waals surface area contributed by atoms with Gasteiger partial charge in [-0.3, -0.25) is 9.59 Å². The van der Waals surface area contributed by atoms with Crippen molar-refractivity contribution in [3.63, 3.8) is 0 Å². The Kier molecular flexibility index (Phi) is 6.89. The third-order valence-corrected chi connectivity index (χ3v) is 5.50. The number of nitrogens with two attached hydrogens (primary N) is 1. The van der Waals surface area contributed by atoms with Crippen LogP contribution in [0.25, 0.3) is 11.0 Å². The lowest BCUT2D eigenvalue weighted by Gasteiger charge is -2.38. The summed E-state index contributed by atoms with van der Waals surface area (Å²) in [7, 11) is 1.64. The number of hydrogen-bond donors (Lipinski definition) is 3. The first-order chi connectivity index (χ1) is 14.7. The molecule has 0 bridgehead atoms. The minimum Gasteiger partial charge on any atom is -0.378 e. The lowest BCUT2D eigenvalue weighted by atomic mass is 9.94. The minimum absolute atomic E-state index is 0.0792. The summed E-state index contributed by atoms with van der Waals surface area (Å²) >= 11 is 0. The van der Waals surface area contributed by atoms with Gasteiger partial charge in [0.15, 0.2) is 5.82 Å². The van der Waals surface area contributed by atoms with Crippen molar-refractivity contribution in [2.75, 3.05) is 37.8 Å². The lowest BCUT2D eigenvalue weighted by Crippen LogP contribution is -2.54. The fourth-order valence-corrected chi connectivity index (χ4v) is 3.54. The van der Waals surface area contributed by atoms with Crippen LogP contribution in [0.4, 0.5) is 11.8 Å².